The van der Waals surface area contributed by atoms with Crippen molar-refractivity contribution in [3.63, 3.8) is 0 Å². The number of aryl methyl sites for hydroxylation is 1. The van der Waals surface area contributed by atoms with Gasteiger partial charge in [-0.15, -0.1) is 11.3 Å². The molecule has 0 atom stereocenters. The fourth-order valence-electron chi connectivity index (χ4n) is 4.04. The number of benzene rings is 1. The summed E-state index contributed by atoms with van der Waals surface area (Å²) in [6, 6.07) is 2.63. The quantitative estimate of drug-likeness (QED) is 0.410. The summed E-state index contributed by atoms with van der Waals surface area (Å²) in [5.74, 6) is 1.10. The average Bonchev–Trinajstić information content (AvgIpc) is 3.06. The van der Waals surface area contributed by atoms with Crippen molar-refractivity contribution in [2.75, 3.05) is 29.5 Å². The predicted molar refractivity (Wildman–Crippen MR) is 125 cm³/mol. The first kappa shape index (κ1) is 22.4. The lowest BCUT2D eigenvalue weighted by molar-refractivity contribution is -0.137. The molecule has 3 aromatic heterocycles. The van der Waals surface area contributed by atoms with Crippen LogP contribution in [0.15, 0.2) is 24.0 Å². The van der Waals surface area contributed by atoms with Gasteiger partial charge >= 0.3 is 6.18 Å². The fraction of sp³-hybridized carbons (Fsp3) is 0.238. The van der Waals surface area contributed by atoms with Gasteiger partial charge in [0.2, 0.25) is 0 Å². The van der Waals surface area contributed by atoms with Crippen molar-refractivity contribution < 1.29 is 17.9 Å². The van der Waals surface area contributed by atoms with E-state index in [-0.39, 0.29) is 40.0 Å². The number of halogens is 4. The Bertz CT molecular complexity index is 1430. The molecule has 0 aliphatic carbocycles. The van der Waals surface area contributed by atoms with Gasteiger partial charge in [-0.05, 0) is 24.6 Å². The second-order valence-electron chi connectivity index (χ2n) is 7.67. The van der Waals surface area contributed by atoms with Crippen molar-refractivity contribution in [3.8, 4) is 17.0 Å². The molecule has 0 saturated heterocycles. The standard InChI is InChI=1S/C21H17ClF3N7OS/c1-9-4-13(26)31-17(15(9)21(23,24)25)10-5-11-14-18(16(10)22)33-3-2-32(20(14)29-7-28-11)6-12-19(27)30-8-34-12/h4-5,7-8H,2-3,6,27H2,1H3,(H2,26,31). The van der Waals surface area contributed by atoms with Crippen molar-refractivity contribution in [1.82, 2.24) is 19.9 Å². The zero-order chi connectivity index (χ0) is 24.2. The number of alkyl halides is 3. The molecule has 1 aromatic carbocycles. The van der Waals surface area contributed by atoms with Gasteiger partial charge in [0.15, 0.2) is 5.75 Å². The number of rotatable bonds is 3. The molecule has 4 aromatic rings. The van der Waals surface area contributed by atoms with E-state index in [4.69, 9.17) is 27.8 Å². The first-order valence-electron chi connectivity index (χ1n) is 10.0. The number of nitrogens with two attached hydrogens (primary N) is 2. The van der Waals surface area contributed by atoms with Crippen LogP contribution in [0.25, 0.3) is 22.2 Å². The maximum Gasteiger partial charge on any atom is 0.418 e. The Balaban J connectivity index is 1.74. The molecule has 1 aliphatic heterocycles. The highest BCUT2D eigenvalue weighted by Gasteiger charge is 2.38. The Morgan fingerprint density at radius 3 is 2.71 bits per heavy atom. The molecule has 0 bridgehead atoms. The summed E-state index contributed by atoms with van der Waals surface area (Å²) in [4.78, 5) is 19.6. The summed E-state index contributed by atoms with van der Waals surface area (Å²) in [7, 11) is 0. The van der Waals surface area contributed by atoms with Gasteiger partial charge in [-0.1, -0.05) is 11.6 Å². The van der Waals surface area contributed by atoms with E-state index in [2.05, 4.69) is 19.9 Å². The summed E-state index contributed by atoms with van der Waals surface area (Å²) in [6.07, 6.45) is -3.33. The van der Waals surface area contributed by atoms with Crippen molar-refractivity contribution in [2.24, 2.45) is 0 Å². The van der Waals surface area contributed by atoms with E-state index in [1.807, 2.05) is 4.90 Å². The maximum absolute atomic E-state index is 14.0. The second-order valence-corrected chi connectivity index (χ2v) is 8.99. The number of nitrogen functional groups attached to an aromatic ring is 2. The van der Waals surface area contributed by atoms with Crippen LogP contribution < -0.4 is 21.1 Å². The fourth-order valence-corrected chi connectivity index (χ4v) is 5.03. The number of thiazole rings is 1. The zero-order valence-electron chi connectivity index (χ0n) is 17.6. The van der Waals surface area contributed by atoms with Gasteiger partial charge < -0.3 is 21.1 Å². The van der Waals surface area contributed by atoms with Crippen molar-refractivity contribution in [2.45, 2.75) is 19.6 Å². The Labute approximate surface area is 200 Å². The highest BCUT2D eigenvalue weighted by atomic mass is 35.5. The molecule has 0 unspecified atom stereocenters. The first-order chi connectivity index (χ1) is 16.1. The molecule has 0 spiro atoms. The van der Waals surface area contributed by atoms with Crippen LogP contribution in [-0.2, 0) is 12.7 Å². The lowest BCUT2D eigenvalue weighted by Gasteiger charge is -2.22. The minimum absolute atomic E-state index is 0.0225. The van der Waals surface area contributed by atoms with Crippen LogP contribution in [0.1, 0.15) is 16.0 Å². The first-order valence-corrected chi connectivity index (χ1v) is 11.3. The third-order valence-electron chi connectivity index (χ3n) is 5.49. The number of ether oxygens (including phenoxy) is 1. The number of aromatic nitrogens is 4. The summed E-state index contributed by atoms with van der Waals surface area (Å²) in [6.45, 7) is 2.41. The minimum atomic E-state index is -4.67. The van der Waals surface area contributed by atoms with Crippen LogP contribution in [0.2, 0.25) is 5.02 Å². The third kappa shape index (κ3) is 3.72. The molecule has 0 fully saturated rings. The molecule has 0 saturated carbocycles. The molecule has 4 heterocycles. The summed E-state index contributed by atoms with van der Waals surface area (Å²) < 4.78 is 47.8. The number of anilines is 3. The van der Waals surface area contributed by atoms with E-state index >= 15 is 0 Å². The Morgan fingerprint density at radius 2 is 2.00 bits per heavy atom. The van der Waals surface area contributed by atoms with Crippen LogP contribution >= 0.6 is 22.9 Å². The zero-order valence-corrected chi connectivity index (χ0v) is 19.2. The number of hydrogen-bond acceptors (Lipinski definition) is 9. The summed E-state index contributed by atoms with van der Waals surface area (Å²) in [5, 5.41) is 0.469. The molecule has 0 radical (unpaired) electrons. The summed E-state index contributed by atoms with van der Waals surface area (Å²) in [5.41, 5.74) is 12.4. The van der Waals surface area contributed by atoms with E-state index in [0.29, 0.717) is 35.6 Å². The van der Waals surface area contributed by atoms with Crippen LogP contribution in [0.3, 0.4) is 0 Å². The van der Waals surface area contributed by atoms with Crippen molar-refractivity contribution >= 4 is 51.3 Å². The maximum atomic E-state index is 14.0. The van der Waals surface area contributed by atoms with Gasteiger partial charge in [0.25, 0.3) is 0 Å². The molecule has 4 N–H and O–H groups in total. The van der Waals surface area contributed by atoms with Gasteiger partial charge in [-0.3, -0.25) is 0 Å². The van der Waals surface area contributed by atoms with Gasteiger partial charge in [0.05, 0.1) is 50.7 Å². The molecule has 0 amide bonds. The van der Waals surface area contributed by atoms with E-state index in [0.717, 1.165) is 4.88 Å². The normalized spacial score (nSPS) is 13.7. The summed E-state index contributed by atoms with van der Waals surface area (Å²) >= 11 is 8.08. The monoisotopic (exact) mass is 507 g/mol. The van der Waals surface area contributed by atoms with Crippen molar-refractivity contribution in [3.05, 3.63) is 45.0 Å². The number of nitrogens with zero attached hydrogens (tertiary/aromatic N) is 5. The second kappa shape index (κ2) is 8.13. The van der Waals surface area contributed by atoms with E-state index < -0.39 is 11.7 Å². The van der Waals surface area contributed by atoms with Crippen LogP contribution in [0.4, 0.5) is 30.6 Å². The highest BCUT2D eigenvalue weighted by Crippen LogP contribution is 2.48. The van der Waals surface area contributed by atoms with Gasteiger partial charge in [-0.2, -0.15) is 13.2 Å². The van der Waals surface area contributed by atoms with Crippen LogP contribution in [0, 0.1) is 6.92 Å². The van der Waals surface area contributed by atoms with E-state index in [9.17, 15) is 13.2 Å². The minimum Gasteiger partial charge on any atom is -0.489 e. The Kier molecular flexibility index (Phi) is 5.36. The molecule has 8 nitrogen and oxygen atoms in total. The van der Waals surface area contributed by atoms with Crippen molar-refractivity contribution in [1.29, 1.82) is 0 Å². The molecule has 34 heavy (non-hydrogen) atoms. The molecule has 13 heteroatoms. The average molecular weight is 508 g/mol. The SMILES string of the molecule is Cc1cc(N)nc(-c2cc3ncnc4c3c(c2Cl)OCCN4Cc2scnc2N)c1C(F)(F)F. The molecular weight excluding hydrogens is 491 g/mol. The number of pyridine rings is 1. The van der Waals surface area contributed by atoms with E-state index in [1.165, 1.54) is 36.7 Å². The largest absolute Gasteiger partial charge is 0.489 e. The smallest absolute Gasteiger partial charge is 0.418 e. The topological polar surface area (TPSA) is 116 Å². The van der Waals surface area contributed by atoms with Gasteiger partial charge in [-0.25, -0.2) is 19.9 Å². The molecule has 5 rings (SSSR count). The molecule has 176 valence electrons. The lowest BCUT2D eigenvalue weighted by atomic mass is 9.99. The Hall–Kier alpha value is -3.38. The highest BCUT2D eigenvalue weighted by molar-refractivity contribution is 7.10. The number of hydrogen-bond donors (Lipinski definition) is 2. The molecular formula is C21H17ClF3N7OS. The van der Waals surface area contributed by atoms with Gasteiger partial charge in [0, 0.05) is 5.56 Å². The molecule has 1 aliphatic rings. The van der Waals surface area contributed by atoms with Crippen LogP contribution in [-0.4, -0.2) is 33.1 Å². The third-order valence-corrected chi connectivity index (χ3v) is 6.70. The van der Waals surface area contributed by atoms with Gasteiger partial charge in [0.1, 0.15) is 30.4 Å². The lowest BCUT2D eigenvalue weighted by Crippen LogP contribution is -2.27. The Morgan fingerprint density at radius 1 is 1.21 bits per heavy atom. The predicted octanol–water partition coefficient (Wildman–Crippen LogP) is 4.69. The van der Waals surface area contributed by atoms with E-state index in [1.54, 1.807) is 5.51 Å². The van der Waals surface area contributed by atoms with Crippen LogP contribution in [0.5, 0.6) is 5.75 Å².